The number of anilines is 2. The van der Waals surface area contributed by atoms with Crippen molar-refractivity contribution in [3.8, 4) is 6.07 Å². The molecule has 1 aromatic carbocycles. The van der Waals surface area contributed by atoms with Gasteiger partial charge in [0.1, 0.15) is 23.6 Å². The van der Waals surface area contributed by atoms with E-state index in [2.05, 4.69) is 26.3 Å². The first-order valence-corrected chi connectivity index (χ1v) is 8.72. The van der Waals surface area contributed by atoms with Crippen LogP contribution in [-0.2, 0) is 4.79 Å². The molecule has 0 spiro atoms. The normalized spacial score (nSPS) is 19.5. The average Bonchev–Trinajstić information content (AvgIpc) is 3.26. The number of rotatable bonds is 3. The summed E-state index contributed by atoms with van der Waals surface area (Å²) >= 11 is 0. The Hall–Kier alpha value is -3.27. The first-order valence-electron chi connectivity index (χ1n) is 8.72. The molecule has 130 valence electrons. The van der Waals surface area contributed by atoms with E-state index in [1.807, 2.05) is 6.21 Å². The largest absolute Gasteiger partial charge is 0.383 e. The summed E-state index contributed by atoms with van der Waals surface area (Å²) in [6.07, 6.45) is 7.88. The van der Waals surface area contributed by atoms with Crippen molar-refractivity contribution in [3.63, 3.8) is 0 Å². The monoisotopic (exact) mass is 347 g/mol. The van der Waals surface area contributed by atoms with Crippen molar-refractivity contribution in [3.05, 3.63) is 46.9 Å². The molecule has 1 unspecified atom stereocenters. The number of amides is 1. The van der Waals surface area contributed by atoms with Crippen molar-refractivity contribution >= 4 is 23.6 Å². The van der Waals surface area contributed by atoms with Gasteiger partial charge in [0.25, 0.3) is 0 Å². The van der Waals surface area contributed by atoms with Gasteiger partial charge >= 0.3 is 0 Å². The number of nitrogens with two attached hydrogens (primary N) is 1. The van der Waals surface area contributed by atoms with Crippen LogP contribution in [0.5, 0.6) is 0 Å². The van der Waals surface area contributed by atoms with Crippen LogP contribution in [0.2, 0.25) is 0 Å². The van der Waals surface area contributed by atoms with Gasteiger partial charge in [0.05, 0.1) is 17.3 Å². The van der Waals surface area contributed by atoms with E-state index in [0.717, 1.165) is 18.4 Å². The third-order valence-corrected chi connectivity index (χ3v) is 5.05. The minimum absolute atomic E-state index is 0.177. The van der Waals surface area contributed by atoms with Gasteiger partial charge in [-0.2, -0.15) is 5.26 Å². The molecule has 2 aliphatic rings. The van der Waals surface area contributed by atoms with E-state index < -0.39 is 5.92 Å². The Morgan fingerprint density at radius 2 is 2.12 bits per heavy atom. The van der Waals surface area contributed by atoms with Gasteiger partial charge < -0.3 is 11.1 Å². The molecule has 1 saturated carbocycles. The van der Waals surface area contributed by atoms with E-state index >= 15 is 0 Å². The second-order valence-corrected chi connectivity index (χ2v) is 6.69. The summed E-state index contributed by atoms with van der Waals surface area (Å²) in [6, 6.07) is 7.69. The standard InChI is InChI=1S/C19H18N6O/c20-8-11-5-6-15-13(7-11)16(19(26)25-15)17-14(18(21)24-10-23-17)9-22-12-3-1-2-4-12/h5-7,9-10,12,16H,1-4H2,(H,25,26)(H2,21,23,24)/p+1. The second-order valence-electron chi connectivity index (χ2n) is 6.69. The topological polar surface area (TPSA) is 119 Å². The molecule has 0 saturated heterocycles. The van der Waals surface area contributed by atoms with Crippen LogP contribution in [0.4, 0.5) is 11.5 Å². The molecule has 7 heteroatoms. The maximum atomic E-state index is 12.6. The number of carbonyl (C=O) groups is 1. The summed E-state index contributed by atoms with van der Waals surface area (Å²) in [6.45, 7) is 0. The highest BCUT2D eigenvalue weighted by molar-refractivity contribution is 6.06. The fourth-order valence-corrected chi connectivity index (χ4v) is 3.70. The lowest BCUT2D eigenvalue weighted by Gasteiger charge is -2.11. The SMILES string of the molecule is N#Cc1ccc2c(c1)C(c1ncnc(N)c1C=[NH+]C1CCCC1)C(=O)N2. The molecule has 1 fully saturated rings. The number of nitrogen functional groups attached to an aromatic ring is 1. The number of nitriles is 1. The van der Waals surface area contributed by atoms with Crippen molar-refractivity contribution in [1.29, 1.82) is 5.26 Å². The molecule has 4 N–H and O–H groups in total. The zero-order chi connectivity index (χ0) is 18.1. The Morgan fingerprint density at radius 1 is 1.31 bits per heavy atom. The molecule has 2 aromatic rings. The van der Waals surface area contributed by atoms with Crippen molar-refractivity contribution in [2.45, 2.75) is 37.6 Å². The van der Waals surface area contributed by atoms with Crippen molar-refractivity contribution in [2.75, 3.05) is 11.1 Å². The van der Waals surface area contributed by atoms with Gasteiger partial charge in [-0.15, -0.1) is 0 Å². The van der Waals surface area contributed by atoms with Gasteiger partial charge in [0.2, 0.25) is 5.91 Å². The van der Waals surface area contributed by atoms with Crippen LogP contribution in [0, 0.1) is 11.3 Å². The van der Waals surface area contributed by atoms with E-state index in [0.29, 0.717) is 34.4 Å². The molecule has 1 aliphatic carbocycles. The third-order valence-electron chi connectivity index (χ3n) is 5.05. The highest BCUT2D eigenvalue weighted by atomic mass is 16.2. The number of nitrogens with zero attached hydrogens (tertiary/aromatic N) is 3. The van der Waals surface area contributed by atoms with Crippen LogP contribution in [-0.4, -0.2) is 28.1 Å². The maximum absolute atomic E-state index is 12.6. The maximum Gasteiger partial charge on any atom is 0.238 e. The molecular formula is C19H19N6O+. The lowest BCUT2D eigenvalue weighted by Crippen LogP contribution is -2.75. The number of carbonyl (C=O) groups excluding carboxylic acids is 1. The lowest BCUT2D eigenvalue weighted by molar-refractivity contribution is -0.495. The molecule has 1 aliphatic heterocycles. The summed E-state index contributed by atoms with van der Waals surface area (Å²) in [4.78, 5) is 24.5. The quantitative estimate of drug-likeness (QED) is 0.697. The number of aromatic nitrogens is 2. The van der Waals surface area contributed by atoms with Crippen molar-refractivity contribution in [2.24, 2.45) is 0 Å². The molecule has 7 nitrogen and oxygen atoms in total. The van der Waals surface area contributed by atoms with E-state index in [4.69, 9.17) is 5.73 Å². The van der Waals surface area contributed by atoms with Crippen LogP contribution < -0.4 is 16.0 Å². The van der Waals surface area contributed by atoms with Crippen molar-refractivity contribution < 1.29 is 9.79 Å². The number of fused-ring (bicyclic) bond motifs is 1. The van der Waals surface area contributed by atoms with Gasteiger partial charge in [-0.05, 0) is 36.6 Å². The second kappa shape index (κ2) is 6.56. The molecule has 26 heavy (non-hydrogen) atoms. The Balaban J connectivity index is 1.78. The lowest BCUT2D eigenvalue weighted by atomic mass is 9.93. The minimum atomic E-state index is -0.611. The Labute approximate surface area is 151 Å². The Bertz CT molecular complexity index is 940. The summed E-state index contributed by atoms with van der Waals surface area (Å²) in [7, 11) is 0. The Morgan fingerprint density at radius 3 is 2.88 bits per heavy atom. The fourth-order valence-electron chi connectivity index (χ4n) is 3.70. The summed E-state index contributed by atoms with van der Waals surface area (Å²) < 4.78 is 0. The van der Waals surface area contributed by atoms with Crippen LogP contribution in [0.1, 0.15) is 54.0 Å². The number of hydrogen-bond donors (Lipinski definition) is 3. The molecule has 0 radical (unpaired) electrons. The highest BCUT2D eigenvalue weighted by Gasteiger charge is 2.36. The first kappa shape index (κ1) is 16.2. The van der Waals surface area contributed by atoms with Crippen LogP contribution in [0.25, 0.3) is 0 Å². The highest BCUT2D eigenvalue weighted by Crippen LogP contribution is 2.38. The summed E-state index contributed by atoms with van der Waals surface area (Å²) in [5, 5.41) is 12.0. The Kier molecular flexibility index (Phi) is 4.09. The van der Waals surface area contributed by atoms with Gasteiger partial charge in [-0.25, -0.2) is 15.0 Å². The van der Waals surface area contributed by atoms with E-state index in [1.165, 1.54) is 19.2 Å². The van der Waals surface area contributed by atoms with Gasteiger partial charge in [0.15, 0.2) is 12.3 Å². The van der Waals surface area contributed by atoms with Gasteiger partial charge in [-0.1, -0.05) is 0 Å². The average molecular weight is 347 g/mol. The number of nitrogens with one attached hydrogen (secondary N) is 2. The number of benzene rings is 1. The van der Waals surface area contributed by atoms with E-state index in [9.17, 15) is 10.1 Å². The predicted octanol–water partition coefficient (Wildman–Crippen LogP) is 0.457. The zero-order valence-corrected chi connectivity index (χ0v) is 14.2. The molecular weight excluding hydrogens is 328 g/mol. The van der Waals surface area contributed by atoms with E-state index in [1.54, 1.807) is 18.2 Å². The fraction of sp³-hybridized carbons (Fsp3) is 0.316. The molecule has 1 aromatic heterocycles. The van der Waals surface area contributed by atoms with Crippen LogP contribution in [0.3, 0.4) is 0 Å². The first-order chi connectivity index (χ1) is 12.7. The van der Waals surface area contributed by atoms with Gasteiger partial charge in [0, 0.05) is 18.5 Å². The molecule has 2 heterocycles. The third kappa shape index (κ3) is 2.80. The summed E-state index contributed by atoms with van der Waals surface area (Å²) in [5.41, 5.74) is 9.21. The van der Waals surface area contributed by atoms with Crippen LogP contribution >= 0.6 is 0 Å². The molecule has 4 rings (SSSR count). The minimum Gasteiger partial charge on any atom is -0.383 e. The molecule has 0 bridgehead atoms. The van der Waals surface area contributed by atoms with Gasteiger partial charge in [-0.3, -0.25) is 4.79 Å². The number of hydrogen-bond acceptors (Lipinski definition) is 5. The smallest absolute Gasteiger partial charge is 0.238 e. The molecule has 1 amide bonds. The molecule has 1 atom stereocenters. The summed E-state index contributed by atoms with van der Waals surface area (Å²) in [5.74, 6) is -0.456. The zero-order valence-electron chi connectivity index (χ0n) is 14.2. The van der Waals surface area contributed by atoms with Crippen molar-refractivity contribution in [1.82, 2.24) is 9.97 Å². The van der Waals surface area contributed by atoms with Crippen LogP contribution in [0.15, 0.2) is 24.5 Å². The van der Waals surface area contributed by atoms with E-state index in [-0.39, 0.29) is 5.91 Å². The predicted molar refractivity (Wildman–Crippen MR) is 96.5 cm³/mol.